The molecule has 0 aliphatic carbocycles. The van der Waals surface area contributed by atoms with Gasteiger partial charge in [0.2, 0.25) is 5.91 Å². The number of fused-ring (bicyclic) bond motifs is 2. The van der Waals surface area contributed by atoms with Crippen molar-refractivity contribution < 1.29 is 9.59 Å². The molecule has 3 heterocycles. The Labute approximate surface area is 182 Å². The van der Waals surface area contributed by atoms with Crippen LogP contribution in [0.4, 0.5) is 11.4 Å². The van der Waals surface area contributed by atoms with E-state index in [1.807, 2.05) is 0 Å². The number of hydrogen-bond donors (Lipinski definition) is 2. The normalized spacial score (nSPS) is 13.6. The predicted molar refractivity (Wildman–Crippen MR) is 120 cm³/mol. The molecule has 1 aliphatic heterocycles. The number of nitrogens with one attached hydrogen (secondary N) is 2. The quantitative estimate of drug-likeness (QED) is 0.627. The van der Waals surface area contributed by atoms with E-state index in [2.05, 4.69) is 10.6 Å². The molecule has 0 saturated carbocycles. The van der Waals surface area contributed by atoms with Crippen LogP contribution in [0.3, 0.4) is 0 Å². The summed E-state index contributed by atoms with van der Waals surface area (Å²) in [5, 5.41) is 6.26. The summed E-state index contributed by atoms with van der Waals surface area (Å²) in [6.07, 6.45) is 3.84. The molecule has 2 amide bonds. The largest absolute Gasteiger partial charge is 0.326 e. The van der Waals surface area contributed by atoms with E-state index < -0.39 is 0 Å². The van der Waals surface area contributed by atoms with Gasteiger partial charge in [-0.3, -0.25) is 19.0 Å². The molecule has 0 bridgehead atoms. The first kappa shape index (κ1) is 20.6. The molecule has 30 heavy (non-hydrogen) atoms. The molecule has 4 rings (SSSR count). The molecule has 1 aromatic carbocycles. The van der Waals surface area contributed by atoms with Crippen molar-refractivity contribution in [2.45, 2.75) is 46.1 Å². The van der Waals surface area contributed by atoms with Crippen molar-refractivity contribution in [3.05, 3.63) is 49.8 Å². The average molecular weight is 445 g/mol. The summed E-state index contributed by atoms with van der Waals surface area (Å²) in [4.78, 5) is 42.9. The number of rotatable bonds is 3. The van der Waals surface area contributed by atoms with Crippen LogP contribution in [-0.4, -0.2) is 21.4 Å². The van der Waals surface area contributed by atoms with E-state index >= 15 is 0 Å². The van der Waals surface area contributed by atoms with Gasteiger partial charge < -0.3 is 10.6 Å². The zero-order chi connectivity index (χ0) is 21.4. The molecular weight excluding hydrogens is 424 g/mol. The monoisotopic (exact) mass is 444 g/mol. The first-order valence-electron chi connectivity index (χ1n) is 9.76. The molecular formula is C21H21ClN4O3S. The van der Waals surface area contributed by atoms with Gasteiger partial charge in [0.25, 0.3) is 11.5 Å². The number of anilines is 2. The van der Waals surface area contributed by atoms with E-state index in [-0.39, 0.29) is 17.4 Å². The molecule has 9 heteroatoms. The third-order valence-electron chi connectivity index (χ3n) is 5.16. The lowest BCUT2D eigenvalue weighted by Gasteiger charge is -2.09. The van der Waals surface area contributed by atoms with Gasteiger partial charge in [0.1, 0.15) is 10.7 Å². The Morgan fingerprint density at radius 1 is 1.20 bits per heavy atom. The highest BCUT2D eigenvalue weighted by Gasteiger charge is 2.22. The number of aromatic nitrogens is 2. The van der Waals surface area contributed by atoms with Gasteiger partial charge in [-0.05, 0) is 43.5 Å². The maximum atomic E-state index is 13.1. The van der Waals surface area contributed by atoms with Crippen LogP contribution in [0.2, 0.25) is 5.02 Å². The average Bonchev–Trinajstić information content (AvgIpc) is 2.85. The van der Waals surface area contributed by atoms with Crippen LogP contribution in [0.25, 0.3) is 10.2 Å². The summed E-state index contributed by atoms with van der Waals surface area (Å²) in [7, 11) is 0. The molecule has 0 atom stereocenters. The minimum absolute atomic E-state index is 0.0672. The number of halogens is 1. The maximum Gasteiger partial charge on any atom is 0.266 e. The smallest absolute Gasteiger partial charge is 0.266 e. The molecule has 0 spiro atoms. The van der Waals surface area contributed by atoms with Gasteiger partial charge in [0, 0.05) is 25.6 Å². The molecule has 0 fully saturated rings. The number of nitrogens with zero attached hydrogens (tertiary/aromatic N) is 2. The third kappa shape index (κ3) is 3.85. The molecule has 1 aliphatic rings. The van der Waals surface area contributed by atoms with Crippen LogP contribution in [-0.2, 0) is 17.8 Å². The minimum Gasteiger partial charge on any atom is -0.326 e. The Bertz CT molecular complexity index is 1230. The van der Waals surface area contributed by atoms with Crippen LogP contribution < -0.4 is 16.2 Å². The minimum atomic E-state index is -0.343. The fraction of sp³-hybridized carbons (Fsp3) is 0.333. The molecule has 0 saturated heterocycles. The molecule has 7 nitrogen and oxygen atoms in total. The van der Waals surface area contributed by atoms with Gasteiger partial charge in [-0.1, -0.05) is 18.0 Å². The number of amides is 2. The van der Waals surface area contributed by atoms with Crippen LogP contribution >= 0.6 is 22.9 Å². The SMILES string of the molecule is CC(=O)Nc1ccc(NC(=O)c2sc3nc4n(c(=O)c3c2C)CCCCC4)c(Cl)c1. The molecule has 2 aromatic heterocycles. The zero-order valence-electron chi connectivity index (χ0n) is 16.7. The summed E-state index contributed by atoms with van der Waals surface area (Å²) in [5.74, 6) is 0.250. The summed E-state index contributed by atoms with van der Waals surface area (Å²) in [5.41, 5.74) is 1.54. The number of carbonyl (C=O) groups excluding carboxylic acids is 2. The Kier molecular flexibility index (Phi) is 5.62. The number of thiophene rings is 1. The number of carbonyl (C=O) groups is 2. The highest BCUT2D eigenvalue weighted by molar-refractivity contribution is 7.20. The molecule has 156 valence electrons. The first-order chi connectivity index (χ1) is 14.3. The molecule has 2 N–H and O–H groups in total. The number of hydrogen-bond acceptors (Lipinski definition) is 5. The molecule has 0 radical (unpaired) electrons. The van der Waals surface area contributed by atoms with Crippen molar-refractivity contribution in [3.8, 4) is 0 Å². The van der Waals surface area contributed by atoms with Crippen LogP contribution in [0.1, 0.15) is 47.2 Å². The highest BCUT2D eigenvalue weighted by atomic mass is 35.5. The van der Waals surface area contributed by atoms with Crippen LogP contribution in [0.15, 0.2) is 23.0 Å². The lowest BCUT2D eigenvalue weighted by Crippen LogP contribution is -2.24. The lowest BCUT2D eigenvalue weighted by molar-refractivity contribution is -0.114. The van der Waals surface area contributed by atoms with Crippen molar-refractivity contribution in [2.75, 3.05) is 10.6 Å². The Morgan fingerprint density at radius 2 is 2.00 bits per heavy atom. The van der Waals surface area contributed by atoms with Crippen molar-refractivity contribution >= 4 is 56.3 Å². The van der Waals surface area contributed by atoms with E-state index in [4.69, 9.17) is 16.6 Å². The van der Waals surface area contributed by atoms with Gasteiger partial charge in [0.05, 0.1) is 21.0 Å². The van der Waals surface area contributed by atoms with Gasteiger partial charge in [0.15, 0.2) is 0 Å². The third-order valence-corrected chi connectivity index (χ3v) is 6.65. The molecule has 3 aromatic rings. The van der Waals surface area contributed by atoms with Crippen molar-refractivity contribution in [2.24, 2.45) is 0 Å². The van der Waals surface area contributed by atoms with Crippen LogP contribution in [0.5, 0.6) is 0 Å². The number of aryl methyl sites for hydroxylation is 2. The molecule has 0 unspecified atom stereocenters. The summed E-state index contributed by atoms with van der Waals surface area (Å²) < 4.78 is 1.76. The number of benzene rings is 1. The van der Waals surface area contributed by atoms with E-state index in [0.717, 1.165) is 31.5 Å². The lowest BCUT2D eigenvalue weighted by atomic mass is 10.2. The fourth-order valence-corrected chi connectivity index (χ4v) is 5.02. The topological polar surface area (TPSA) is 93.1 Å². The van der Waals surface area contributed by atoms with Crippen molar-refractivity contribution in [1.29, 1.82) is 0 Å². The van der Waals surface area contributed by atoms with Crippen LogP contribution in [0, 0.1) is 6.92 Å². The van der Waals surface area contributed by atoms with Gasteiger partial charge in [-0.2, -0.15) is 0 Å². The second-order valence-corrected chi connectivity index (χ2v) is 8.77. The van der Waals surface area contributed by atoms with Crippen molar-refractivity contribution in [1.82, 2.24) is 9.55 Å². The fourth-order valence-electron chi connectivity index (χ4n) is 3.70. The second kappa shape index (κ2) is 8.20. The van der Waals surface area contributed by atoms with Crippen molar-refractivity contribution in [3.63, 3.8) is 0 Å². The summed E-state index contributed by atoms with van der Waals surface area (Å²) in [6.45, 7) is 3.86. The standard InChI is InChI=1S/C21H21ClN4O3S/c1-11-17-20(25-16-6-4-3-5-9-26(16)21(17)29)30-18(11)19(28)24-15-8-7-13(10-14(15)22)23-12(2)27/h7-8,10H,3-6,9H2,1-2H3,(H,23,27)(H,24,28). The summed E-state index contributed by atoms with van der Waals surface area (Å²) >= 11 is 7.49. The second-order valence-electron chi connectivity index (χ2n) is 7.36. The Hall–Kier alpha value is -2.71. The van der Waals surface area contributed by atoms with Gasteiger partial charge in [-0.15, -0.1) is 11.3 Å². The Morgan fingerprint density at radius 3 is 2.73 bits per heavy atom. The highest BCUT2D eigenvalue weighted by Crippen LogP contribution is 2.31. The van der Waals surface area contributed by atoms with E-state index in [1.165, 1.54) is 18.3 Å². The summed E-state index contributed by atoms with van der Waals surface area (Å²) in [6, 6.07) is 4.86. The van der Waals surface area contributed by atoms with Gasteiger partial charge in [-0.25, -0.2) is 4.98 Å². The van der Waals surface area contributed by atoms with E-state index in [1.54, 1.807) is 29.7 Å². The zero-order valence-corrected chi connectivity index (χ0v) is 18.2. The predicted octanol–water partition coefficient (Wildman–Crippen LogP) is 4.36. The van der Waals surface area contributed by atoms with E-state index in [9.17, 15) is 14.4 Å². The first-order valence-corrected chi connectivity index (χ1v) is 11.0. The Balaban J connectivity index is 1.67. The maximum absolute atomic E-state index is 13.1. The van der Waals surface area contributed by atoms with E-state index in [0.29, 0.717) is 43.6 Å². The van der Waals surface area contributed by atoms with Gasteiger partial charge >= 0.3 is 0 Å².